The minimum Gasteiger partial charge on any atom is -0.497 e. The van der Waals surface area contributed by atoms with Crippen molar-refractivity contribution in [3.8, 4) is 5.75 Å². The minimum absolute atomic E-state index is 0.0810. The highest BCUT2D eigenvalue weighted by atomic mass is 32.2. The molecule has 3 aromatic rings. The molecule has 0 aromatic heterocycles. The summed E-state index contributed by atoms with van der Waals surface area (Å²) >= 11 is 0. The predicted molar refractivity (Wildman–Crippen MR) is 124 cm³/mol. The number of hydrogen-bond donors (Lipinski definition) is 1. The number of nitrogens with zero attached hydrogens (tertiary/aromatic N) is 1. The zero-order chi connectivity index (χ0) is 23.3. The van der Waals surface area contributed by atoms with E-state index in [0.29, 0.717) is 22.7 Å². The molecule has 0 aliphatic heterocycles. The van der Waals surface area contributed by atoms with Crippen molar-refractivity contribution in [1.29, 1.82) is 0 Å². The van der Waals surface area contributed by atoms with Gasteiger partial charge in [0.25, 0.3) is 10.0 Å². The Hall–Kier alpha value is -3.65. The Labute approximate surface area is 187 Å². The molecule has 0 heterocycles. The maximum atomic E-state index is 13.4. The highest BCUT2D eigenvalue weighted by Crippen LogP contribution is 2.26. The Bertz CT molecular complexity index is 1200. The number of amides is 1. The van der Waals surface area contributed by atoms with Crippen molar-refractivity contribution in [1.82, 2.24) is 0 Å². The summed E-state index contributed by atoms with van der Waals surface area (Å²) in [5, 5.41) is 2.68. The van der Waals surface area contributed by atoms with E-state index in [1.807, 2.05) is 6.92 Å². The van der Waals surface area contributed by atoms with Crippen LogP contribution in [0.3, 0.4) is 0 Å². The summed E-state index contributed by atoms with van der Waals surface area (Å²) in [6.07, 6.45) is 0. The van der Waals surface area contributed by atoms with Gasteiger partial charge >= 0.3 is 0 Å². The lowest BCUT2D eigenvalue weighted by Gasteiger charge is -2.24. The zero-order valence-corrected chi connectivity index (χ0v) is 18.8. The lowest BCUT2D eigenvalue weighted by Crippen LogP contribution is -2.38. The summed E-state index contributed by atoms with van der Waals surface area (Å²) in [6.45, 7) is 2.88. The van der Waals surface area contributed by atoms with Crippen LogP contribution in [0, 0.1) is 6.92 Å². The molecule has 0 atom stereocenters. The first kappa shape index (κ1) is 23.0. The largest absolute Gasteiger partial charge is 0.497 e. The second kappa shape index (κ2) is 9.65. The van der Waals surface area contributed by atoms with Crippen molar-refractivity contribution in [3.05, 3.63) is 83.9 Å². The number of ketones is 1. The standard InChI is InChI=1S/C24H24N2O5S/c1-17-4-14-23(15-5-17)32(29,30)26(21-10-12-22(31-3)13-11-21)16-24(28)25-20-8-6-19(7-9-20)18(2)27/h4-15H,16H2,1-3H3,(H,25,28). The van der Waals surface area contributed by atoms with E-state index >= 15 is 0 Å². The third kappa shape index (κ3) is 5.33. The molecule has 0 aliphatic carbocycles. The van der Waals surface area contributed by atoms with Gasteiger partial charge in [0, 0.05) is 11.3 Å². The van der Waals surface area contributed by atoms with Gasteiger partial charge < -0.3 is 10.1 Å². The van der Waals surface area contributed by atoms with Gasteiger partial charge in [0.1, 0.15) is 12.3 Å². The number of aryl methyl sites for hydroxylation is 1. The Morgan fingerprint density at radius 3 is 2.03 bits per heavy atom. The number of methoxy groups -OCH3 is 1. The van der Waals surface area contributed by atoms with E-state index in [9.17, 15) is 18.0 Å². The molecule has 0 unspecified atom stereocenters. The molecule has 3 rings (SSSR count). The molecule has 0 spiro atoms. The summed E-state index contributed by atoms with van der Waals surface area (Å²) in [4.78, 5) is 24.3. The number of ether oxygens (including phenoxy) is 1. The van der Waals surface area contributed by atoms with Crippen LogP contribution in [0.2, 0.25) is 0 Å². The second-order valence-electron chi connectivity index (χ2n) is 7.20. The Balaban J connectivity index is 1.90. The van der Waals surface area contributed by atoms with Gasteiger partial charge in [0.2, 0.25) is 5.91 Å². The van der Waals surface area contributed by atoms with Crippen LogP contribution in [-0.4, -0.2) is 33.8 Å². The van der Waals surface area contributed by atoms with E-state index in [-0.39, 0.29) is 10.7 Å². The number of rotatable bonds is 8. The maximum Gasteiger partial charge on any atom is 0.264 e. The summed E-state index contributed by atoms with van der Waals surface area (Å²) < 4.78 is 33.0. The van der Waals surface area contributed by atoms with E-state index in [1.165, 1.54) is 26.2 Å². The number of benzene rings is 3. The fourth-order valence-electron chi connectivity index (χ4n) is 3.02. The van der Waals surface area contributed by atoms with Gasteiger partial charge in [-0.2, -0.15) is 0 Å². The van der Waals surface area contributed by atoms with Crippen LogP contribution in [-0.2, 0) is 14.8 Å². The molecule has 7 nitrogen and oxygen atoms in total. The molecule has 0 aliphatic rings. The van der Waals surface area contributed by atoms with Gasteiger partial charge in [-0.25, -0.2) is 8.42 Å². The summed E-state index contributed by atoms with van der Waals surface area (Å²) in [5.41, 5.74) is 2.23. The van der Waals surface area contributed by atoms with Crippen molar-refractivity contribution in [2.45, 2.75) is 18.7 Å². The number of hydrogen-bond acceptors (Lipinski definition) is 5. The third-order valence-corrected chi connectivity index (χ3v) is 6.62. The molecular formula is C24H24N2O5S. The average Bonchev–Trinajstić information content (AvgIpc) is 2.78. The molecular weight excluding hydrogens is 428 g/mol. The summed E-state index contributed by atoms with van der Waals surface area (Å²) in [7, 11) is -2.49. The lowest BCUT2D eigenvalue weighted by molar-refractivity contribution is -0.114. The number of nitrogens with one attached hydrogen (secondary N) is 1. The summed E-state index contributed by atoms with van der Waals surface area (Å²) in [5.74, 6) is -0.0405. The normalized spacial score (nSPS) is 11.0. The quantitative estimate of drug-likeness (QED) is 0.521. The smallest absolute Gasteiger partial charge is 0.264 e. The van der Waals surface area contributed by atoms with Crippen LogP contribution in [0.1, 0.15) is 22.8 Å². The number of carbonyl (C=O) groups is 2. The molecule has 0 radical (unpaired) electrons. The first-order valence-electron chi connectivity index (χ1n) is 9.85. The van der Waals surface area contributed by atoms with Crippen LogP contribution in [0.4, 0.5) is 11.4 Å². The van der Waals surface area contributed by atoms with Crippen molar-refractivity contribution in [2.75, 3.05) is 23.3 Å². The lowest BCUT2D eigenvalue weighted by atomic mass is 10.1. The second-order valence-corrected chi connectivity index (χ2v) is 9.07. The van der Waals surface area contributed by atoms with Gasteiger partial charge in [-0.1, -0.05) is 17.7 Å². The van der Waals surface area contributed by atoms with Crippen LogP contribution in [0.5, 0.6) is 5.75 Å². The van der Waals surface area contributed by atoms with Gasteiger partial charge in [0.15, 0.2) is 5.78 Å². The van der Waals surface area contributed by atoms with Gasteiger partial charge in [-0.3, -0.25) is 13.9 Å². The Morgan fingerprint density at radius 2 is 1.50 bits per heavy atom. The van der Waals surface area contributed by atoms with E-state index < -0.39 is 22.5 Å². The van der Waals surface area contributed by atoms with Crippen molar-refractivity contribution in [3.63, 3.8) is 0 Å². The van der Waals surface area contributed by atoms with Gasteiger partial charge in [0.05, 0.1) is 17.7 Å². The fourth-order valence-corrected chi connectivity index (χ4v) is 4.44. The van der Waals surface area contributed by atoms with Gasteiger partial charge in [-0.15, -0.1) is 0 Å². The van der Waals surface area contributed by atoms with E-state index in [4.69, 9.17) is 4.74 Å². The Kier molecular flexibility index (Phi) is 6.95. The molecule has 3 aromatic carbocycles. The van der Waals surface area contributed by atoms with Crippen molar-refractivity contribution in [2.24, 2.45) is 0 Å². The maximum absolute atomic E-state index is 13.4. The average molecular weight is 453 g/mol. The minimum atomic E-state index is -4.01. The third-order valence-electron chi connectivity index (χ3n) is 4.83. The number of sulfonamides is 1. The summed E-state index contributed by atoms with van der Waals surface area (Å²) in [6, 6.07) is 19.3. The number of carbonyl (C=O) groups excluding carboxylic acids is 2. The monoisotopic (exact) mass is 452 g/mol. The van der Waals surface area contributed by atoms with Crippen LogP contribution >= 0.6 is 0 Å². The fraction of sp³-hybridized carbons (Fsp3) is 0.167. The van der Waals surface area contributed by atoms with Crippen LogP contribution < -0.4 is 14.4 Å². The molecule has 8 heteroatoms. The topological polar surface area (TPSA) is 92.8 Å². The molecule has 0 saturated carbocycles. The number of anilines is 2. The molecule has 0 fully saturated rings. The van der Waals surface area contributed by atoms with Crippen LogP contribution in [0.25, 0.3) is 0 Å². The molecule has 0 bridgehead atoms. The highest BCUT2D eigenvalue weighted by molar-refractivity contribution is 7.92. The SMILES string of the molecule is COc1ccc(N(CC(=O)Nc2ccc(C(C)=O)cc2)S(=O)(=O)c2ccc(C)cc2)cc1. The Morgan fingerprint density at radius 1 is 0.906 bits per heavy atom. The number of Topliss-reactive ketones (excluding diaryl/α,β-unsaturated/α-hetero) is 1. The first-order valence-corrected chi connectivity index (χ1v) is 11.3. The van der Waals surface area contributed by atoms with Crippen LogP contribution in [0.15, 0.2) is 77.7 Å². The molecule has 0 saturated heterocycles. The molecule has 166 valence electrons. The molecule has 1 N–H and O–H groups in total. The molecule has 32 heavy (non-hydrogen) atoms. The zero-order valence-electron chi connectivity index (χ0n) is 18.0. The first-order chi connectivity index (χ1) is 15.2. The van der Waals surface area contributed by atoms with Gasteiger partial charge in [-0.05, 0) is 74.5 Å². The van der Waals surface area contributed by atoms with E-state index in [2.05, 4.69) is 5.32 Å². The van der Waals surface area contributed by atoms with Crippen molar-refractivity contribution < 1.29 is 22.7 Å². The van der Waals surface area contributed by atoms with E-state index in [1.54, 1.807) is 60.7 Å². The van der Waals surface area contributed by atoms with Crippen molar-refractivity contribution >= 4 is 33.1 Å². The van der Waals surface area contributed by atoms with E-state index in [0.717, 1.165) is 9.87 Å². The molecule has 1 amide bonds. The highest BCUT2D eigenvalue weighted by Gasteiger charge is 2.27. The predicted octanol–water partition coefficient (Wildman–Crippen LogP) is 4.04.